The summed E-state index contributed by atoms with van der Waals surface area (Å²) in [5, 5.41) is 10.6. The number of nitrogens with zero attached hydrogens (tertiary/aromatic N) is 2. The van der Waals surface area contributed by atoms with E-state index in [1.54, 1.807) is 6.19 Å². The van der Waals surface area contributed by atoms with Gasteiger partial charge in [-0.05, 0) is 12.3 Å². The first-order valence-corrected chi connectivity index (χ1v) is 5.19. The molecular formula is C10H20N4. The summed E-state index contributed by atoms with van der Waals surface area (Å²) in [5.41, 5.74) is 5.43. The average molecular weight is 196 g/mol. The third kappa shape index (κ3) is 6.30. The minimum absolute atomic E-state index is 0.224. The summed E-state index contributed by atoms with van der Waals surface area (Å²) in [6.07, 6.45) is 6.50. The van der Waals surface area contributed by atoms with E-state index in [4.69, 9.17) is 11.0 Å². The lowest BCUT2D eigenvalue weighted by molar-refractivity contribution is 0.462. The maximum absolute atomic E-state index is 8.28. The van der Waals surface area contributed by atoms with E-state index >= 15 is 0 Å². The summed E-state index contributed by atoms with van der Waals surface area (Å²) < 4.78 is 0. The first kappa shape index (κ1) is 12.8. The van der Waals surface area contributed by atoms with Gasteiger partial charge in [-0.15, -0.1) is 0 Å². The second-order valence-corrected chi connectivity index (χ2v) is 3.38. The van der Waals surface area contributed by atoms with Gasteiger partial charge in [0, 0.05) is 6.54 Å². The summed E-state index contributed by atoms with van der Waals surface area (Å²) in [4.78, 5) is 4.10. The van der Waals surface area contributed by atoms with E-state index in [9.17, 15) is 0 Å². The molecule has 0 radical (unpaired) electrons. The van der Waals surface area contributed by atoms with E-state index in [1.165, 1.54) is 19.3 Å². The van der Waals surface area contributed by atoms with E-state index in [0.29, 0.717) is 5.92 Å². The summed E-state index contributed by atoms with van der Waals surface area (Å²) in [6, 6.07) is 0. The quantitative estimate of drug-likeness (QED) is 0.293. The molecule has 1 atom stereocenters. The number of rotatable bonds is 6. The fraction of sp³-hybridized carbons (Fsp3) is 0.800. The van der Waals surface area contributed by atoms with Crippen molar-refractivity contribution in [2.75, 3.05) is 6.54 Å². The zero-order chi connectivity index (χ0) is 10.8. The van der Waals surface area contributed by atoms with Gasteiger partial charge in [-0.3, -0.25) is 10.3 Å². The molecule has 14 heavy (non-hydrogen) atoms. The van der Waals surface area contributed by atoms with Gasteiger partial charge in [0.25, 0.3) is 0 Å². The molecular weight excluding hydrogens is 176 g/mol. The highest BCUT2D eigenvalue weighted by Gasteiger charge is 2.04. The van der Waals surface area contributed by atoms with Crippen LogP contribution in [0.4, 0.5) is 0 Å². The first-order valence-electron chi connectivity index (χ1n) is 5.19. The molecule has 0 aromatic carbocycles. The SMILES string of the molecule is CCCCC(CC)CN=C(N)NC#N. The van der Waals surface area contributed by atoms with Crippen molar-refractivity contribution in [3.8, 4) is 6.19 Å². The molecule has 1 unspecified atom stereocenters. The molecule has 0 aliphatic rings. The number of aliphatic imine (C=N–C) groups is 1. The van der Waals surface area contributed by atoms with Gasteiger partial charge < -0.3 is 5.73 Å². The second-order valence-electron chi connectivity index (χ2n) is 3.38. The van der Waals surface area contributed by atoms with Crippen molar-refractivity contribution in [2.24, 2.45) is 16.6 Å². The lowest BCUT2D eigenvalue weighted by Gasteiger charge is -2.11. The fourth-order valence-electron chi connectivity index (χ4n) is 1.24. The Bertz CT molecular complexity index is 205. The Kier molecular flexibility index (Phi) is 7.62. The lowest BCUT2D eigenvalue weighted by atomic mass is 10.00. The molecule has 0 rings (SSSR count). The Morgan fingerprint density at radius 1 is 1.57 bits per heavy atom. The number of hydrogen-bond acceptors (Lipinski definition) is 2. The standard InChI is InChI=1S/C10H20N4/c1-3-5-6-9(4-2)7-13-10(12)14-8-11/h9H,3-7H2,1-2H3,(H3,12,13,14). The molecule has 0 aliphatic carbocycles. The maximum atomic E-state index is 8.28. The van der Waals surface area contributed by atoms with Crippen LogP contribution in [-0.2, 0) is 0 Å². The second kappa shape index (κ2) is 8.36. The van der Waals surface area contributed by atoms with Crippen LogP contribution in [0, 0.1) is 17.4 Å². The van der Waals surface area contributed by atoms with Crippen LogP contribution in [-0.4, -0.2) is 12.5 Å². The number of guanidine groups is 1. The van der Waals surface area contributed by atoms with E-state index in [2.05, 4.69) is 24.2 Å². The van der Waals surface area contributed by atoms with Crippen molar-refractivity contribution in [1.29, 1.82) is 5.26 Å². The van der Waals surface area contributed by atoms with Gasteiger partial charge in [0.1, 0.15) is 0 Å². The topological polar surface area (TPSA) is 74.2 Å². The van der Waals surface area contributed by atoms with Crippen LogP contribution in [0.1, 0.15) is 39.5 Å². The van der Waals surface area contributed by atoms with Crippen molar-refractivity contribution < 1.29 is 0 Å². The third-order valence-electron chi connectivity index (χ3n) is 2.25. The number of nitriles is 1. The number of hydrogen-bond donors (Lipinski definition) is 2. The van der Waals surface area contributed by atoms with Crippen LogP contribution in [0.25, 0.3) is 0 Å². The van der Waals surface area contributed by atoms with Crippen LogP contribution >= 0.6 is 0 Å². The van der Waals surface area contributed by atoms with Gasteiger partial charge in [0.15, 0.2) is 6.19 Å². The zero-order valence-electron chi connectivity index (χ0n) is 9.08. The molecule has 0 aliphatic heterocycles. The van der Waals surface area contributed by atoms with Gasteiger partial charge in [-0.1, -0.05) is 33.1 Å². The molecule has 0 saturated carbocycles. The van der Waals surface area contributed by atoms with Crippen molar-refractivity contribution in [2.45, 2.75) is 39.5 Å². The molecule has 80 valence electrons. The normalized spacial score (nSPS) is 13.4. The Hall–Kier alpha value is -1.24. The average Bonchev–Trinajstić information content (AvgIpc) is 2.19. The number of unbranched alkanes of at least 4 members (excludes halogenated alkanes) is 1. The van der Waals surface area contributed by atoms with Crippen molar-refractivity contribution in [3.63, 3.8) is 0 Å². The summed E-state index contributed by atoms with van der Waals surface area (Å²) in [5.74, 6) is 0.816. The fourth-order valence-corrected chi connectivity index (χ4v) is 1.24. The predicted molar refractivity (Wildman–Crippen MR) is 58.5 cm³/mol. The molecule has 0 amide bonds. The number of nitrogens with one attached hydrogen (secondary N) is 1. The van der Waals surface area contributed by atoms with Crippen LogP contribution in [0.2, 0.25) is 0 Å². The van der Waals surface area contributed by atoms with Crippen molar-refractivity contribution in [1.82, 2.24) is 5.32 Å². The van der Waals surface area contributed by atoms with Gasteiger partial charge in [0.2, 0.25) is 5.96 Å². The summed E-state index contributed by atoms with van der Waals surface area (Å²) >= 11 is 0. The van der Waals surface area contributed by atoms with Crippen molar-refractivity contribution in [3.05, 3.63) is 0 Å². The van der Waals surface area contributed by atoms with Gasteiger partial charge in [-0.25, -0.2) is 0 Å². The third-order valence-corrected chi connectivity index (χ3v) is 2.25. The molecule has 0 bridgehead atoms. The van der Waals surface area contributed by atoms with Crippen LogP contribution in [0.5, 0.6) is 0 Å². The molecule has 0 aromatic rings. The molecule has 0 heterocycles. The first-order chi connectivity index (χ1) is 6.74. The van der Waals surface area contributed by atoms with E-state index in [-0.39, 0.29) is 5.96 Å². The van der Waals surface area contributed by atoms with E-state index in [1.807, 2.05) is 0 Å². The Morgan fingerprint density at radius 3 is 2.79 bits per heavy atom. The van der Waals surface area contributed by atoms with E-state index < -0.39 is 0 Å². The molecule has 0 aromatic heterocycles. The molecule has 4 nitrogen and oxygen atoms in total. The van der Waals surface area contributed by atoms with Gasteiger partial charge in [-0.2, -0.15) is 5.26 Å². The monoisotopic (exact) mass is 196 g/mol. The van der Waals surface area contributed by atoms with Gasteiger partial charge in [0.05, 0.1) is 0 Å². The lowest BCUT2D eigenvalue weighted by Crippen LogP contribution is -2.28. The highest BCUT2D eigenvalue weighted by atomic mass is 15.1. The largest absolute Gasteiger partial charge is 0.369 e. The zero-order valence-corrected chi connectivity index (χ0v) is 9.08. The Balaban J connectivity index is 3.82. The number of nitrogens with two attached hydrogens (primary N) is 1. The summed E-state index contributed by atoms with van der Waals surface area (Å²) in [6.45, 7) is 5.06. The highest BCUT2D eigenvalue weighted by Crippen LogP contribution is 2.12. The minimum atomic E-state index is 0.224. The molecule has 3 N–H and O–H groups in total. The Morgan fingerprint density at radius 2 is 2.29 bits per heavy atom. The van der Waals surface area contributed by atoms with Crippen LogP contribution < -0.4 is 11.1 Å². The predicted octanol–water partition coefficient (Wildman–Crippen LogP) is 1.59. The van der Waals surface area contributed by atoms with Crippen LogP contribution in [0.15, 0.2) is 4.99 Å². The smallest absolute Gasteiger partial charge is 0.202 e. The molecule has 0 spiro atoms. The van der Waals surface area contributed by atoms with Gasteiger partial charge >= 0.3 is 0 Å². The molecule has 4 heteroatoms. The summed E-state index contributed by atoms with van der Waals surface area (Å²) in [7, 11) is 0. The maximum Gasteiger partial charge on any atom is 0.202 e. The van der Waals surface area contributed by atoms with E-state index in [0.717, 1.165) is 13.0 Å². The van der Waals surface area contributed by atoms with Crippen LogP contribution in [0.3, 0.4) is 0 Å². The highest BCUT2D eigenvalue weighted by molar-refractivity contribution is 5.79. The van der Waals surface area contributed by atoms with Crippen molar-refractivity contribution >= 4 is 5.96 Å². The molecule has 0 saturated heterocycles. The molecule has 0 fully saturated rings. The minimum Gasteiger partial charge on any atom is -0.369 e. The Labute approximate surface area is 86.2 Å².